The van der Waals surface area contributed by atoms with Crippen LogP contribution in [0.25, 0.3) is 34.4 Å². The topological polar surface area (TPSA) is 6.48 Å². The molecule has 2 heteroatoms. The SMILES string of the molecule is CC1(C)c2cc(C=Cc3ccc4c(c3)C(C)(C)c3cc(N5c6ccccc6C(C)(C)c6ccccc65)ccc3-4)ccc2-c2ccc(N3CCCc4ccccc43)cc21. The first-order chi connectivity index (χ1) is 28.0. The molecule has 0 N–H and O–H groups in total. The second-order valence-corrected chi connectivity index (χ2v) is 18.5. The van der Waals surface area contributed by atoms with Gasteiger partial charge in [-0.05, 0) is 128 Å². The number of hydrogen-bond donors (Lipinski definition) is 0. The minimum Gasteiger partial charge on any atom is -0.341 e. The molecule has 0 saturated carbocycles. The molecule has 284 valence electrons. The molecule has 7 aromatic rings. The molecule has 2 aliphatic carbocycles. The average Bonchev–Trinajstić information content (AvgIpc) is 3.61. The van der Waals surface area contributed by atoms with E-state index in [-0.39, 0.29) is 16.2 Å². The number of nitrogens with zero attached hydrogens (tertiary/aromatic N) is 2. The summed E-state index contributed by atoms with van der Waals surface area (Å²) in [5, 5.41) is 0. The minimum absolute atomic E-state index is 0.0778. The molecule has 58 heavy (non-hydrogen) atoms. The smallest absolute Gasteiger partial charge is 0.0502 e. The molecule has 0 saturated heterocycles. The lowest BCUT2D eigenvalue weighted by Crippen LogP contribution is -2.30. The van der Waals surface area contributed by atoms with E-state index >= 15 is 0 Å². The van der Waals surface area contributed by atoms with Gasteiger partial charge < -0.3 is 9.80 Å². The van der Waals surface area contributed by atoms with Crippen LogP contribution >= 0.6 is 0 Å². The van der Waals surface area contributed by atoms with Gasteiger partial charge in [0.25, 0.3) is 0 Å². The van der Waals surface area contributed by atoms with Crippen LogP contribution in [0.2, 0.25) is 0 Å². The van der Waals surface area contributed by atoms with Crippen molar-refractivity contribution in [2.75, 3.05) is 16.3 Å². The molecular weight excluding hydrogens is 701 g/mol. The highest BCUT2D eigenvalue weighted by Crippen LogP contribution is 2.55. The lowest BCUT2D eigenvalue weighted by atomic mass is 9.73. The van der Waals surface area contributed by atoms with Crippen LogP contribution in [0.5, 0.6) is 0 Å². The molecule has 0 aromatic heterocycles. The maximum atomic E-state index is 2.52. The number of benzene rings is 7. The third-order valence-corrected chi connectivity index (χ3v) is 14.2. The van der Waals surface area contributed by atoms with Crippen molar-refractivity contribution in [3.05, 3.63) is 196 Å². The summed E-state index contributed by atoms with van der Waals surface area (Å²) < 4.78 is 0. The normalized spacial score (nSPS) is 17.2. The summed E-state index contributed by atoms with van der Waals surface area (Å²) in [6.45, 7) is 15.4. The predicted octanol–water partition coefficient (Wildman–Crippen LogP) is 14.7. The van der Waals surface area contributed by atoms with E-state index in [1.165, 1.54) is 107 Å². The van der Waals surface area contributed by atoms with Crippen LogP contribution in [0.1, 0.15) is 98.0 Å². The molecule has 2 aliphatic heterocycles. The van der Waals surface area contributed by atoms with Gasteiger partial charge in [0.1, 0.15) is 0 Å². The molecule has 2 heterocycles. The summed E-state index contributed by atoms with van der Waals surface area (Å²) in [5.41, 5.74) is 23.7. The van der Waals surface area contributed by atoms with Crippen LogP contribution in [0, 0.1) is 0 Å². The van der Waals surface area contributed by atoms with Gasteiger partial charge in [0, 0.05) is 39.9 Å². The zero-order chi connectivity index (χ0) is 39.6. The fourth-order valence-electron chi connectivity index (χ4n) is 10.9. The number of para-hydroxylation sites is 3. The minimum atomic E-state index is -0.142. The van der Waals surface area contributed by atoms with Gasteiger partial charge in [-0.15, -0.1) is 0 Å². The van der Waals surface area contributed by atoms with Crippen molar-refractivity contribution in [3.63, 3.8) is 0 Å². The van der Waals surface area contributed by atoms with E-state index < -0.39 is 0 Å². The third kappa shape index (κ3) is 5.03. The molecule has 0 spiro atoms. The molecule has 0 amide bonds. The molecule has 0 fully saturated rings. The fourth-order valence-corrected chi connectivity index (χ4v) is 10.9. The Kier molecular flexibility index (Phi) is 7.52. The van der Waals surface area contributed by atoms with E-state index in [1.807, 2.05) is 0 Å². The van der Waals surface area contributed by atoms with Crippen LogP contribution in [0.15, 0.2) is 146 Å². The highest BCUT2D eigenvalue weighted by molar-refractivity contribution is 5.90. The van der Waals surface area contributed by atoms with Crippen LogP contribution in [0.3, 0.4) is 0 Å². The number of anilines is 5. The van der Waals surface area contributed by atoms with Gasteiger partial charge in [0.15, 0.2) is 0 Å². The first kappa shape index (κ1) is 35.1. The maximum Gasteiger partial charge on any atom is 0.0502 e. The lowest BCUT2D eigenvalue weighted by Gasteiger charge is -2.42. The van der Waals surface area contributed by atoms with Crippen LogP contribution < -0.4 is 9.80 Å². The van der Waals surface area contributed by atoms with E-state index in [0.717, 1.165) is 13.0 Å². The quantitative estimate of drug-likeness (QED) is 0.165. The summed E-state index contributed by atoms with van der Waals surface area (Å²) in [4.78, 5) is 5.00. The summed E-state index contributed by atoms with van der Waals surface area (Å²) in [6, 6.07) is 55.2. The fraction of sp³-hybridized carbons (Fsp3) is 0.214. The average molecular weight is 751 g/mol. The zero-order valence-corrected chi connectivity index (χ0v) is 34.5. The molecule has 0 unspecified atom stereocenters. The Hall–Kier alpha value is -6.12. The van der Waals surface area contributed by atoms with Crippen LogP contribution in [0.4, 0.5) is 28.4 Å². The molecule has 7 aromatic carbocycles. The predicted molar refractivity (Wildman–Crippen MR) is 246 cm³/mol. The number of fused-ring (bicyclic) bond motifs is 9. The van der Waals surface area contributed by atoms with Crippen LogP contribution in [-0.2, 0) is 22.7 Å². The lowest BCUT2D eigenvalue weighted by molar-refractivity contribution is 0.631. The molecule has 4 aliphatic rings. The number of rotatable bonds is 4. The molecule has 2 nitrogen and oxygen atoms in total. The van der Waals surface area contributed by atoms with Crippen molar-refractivity contribution >= 4 is 40.6 Å². The summed E-state index contributed by atoms with van der Waals surface area (Å²) >= 11 is 0. The van der Waals surface area contributed by atoms with Gasteiger partial charge >= 0.3 is 0 Å². The maximum absolute atomic E-state index is 2.52. The van der Waals surface area contributed by atoms with Gasteiger partial charge in [0.2, 0.25) is 0 Å². The van der Waals surface area contributed by atoms with Gasteiger partial charge in [0.05, 0.1) is 11.4 Å². The Morgan fingerprint density at radius 2 is 0.845 bits per heavy atom. The first-order valence-corrected chi connectivity index (χ1v) is 21.1. The van der Waals surface area contributed by atoms with Crippen molar-refractivity contribution in [1.82, 2.24) is 0 Å². The highest BCUT2D eigenvalue weighted by atomic mass is 15.2. The Morgan fingerprint density at radius 3 is 1.41 bits per heavy atom. The van der Waals surface area contributed by atoms with Crippen molar-refractivity contribution < 1.29 is 0 Å². The molecular formula is C56H50N2. The highest BCUT2D eigenvalue weighted by Gasteiger charge is 2.40. The van der Waals surface area contributed by atoms with Crippen molar-refractivity contribution in [1.29, 1.82) is 0 Å². The van der Waals surface area contributed by atoms with Crippen molar-refractivity contribution in [2.24, 2.45) is 0 Å². The first-order valence-electron chi connectivity index (χ1n) is 21.1. The Labute approximate surface area is 344 Å². The van der Waals surface area contributed by atoms with Gasteiger partial charge in [-0.2, -0.15) is 0 Å². The molecule has 0 radical (unpaired) electrons. The Morgan fingerprint density at radius 1 is 0.414 bits per heavy atom. The van der Waals surface area contributed by atoms with E-state index in [1.54, 1.807) is 0 Å². The molecule has 11 rings (SSSR count). The molecule has 0 bridgehead atoms. The van der Waals surface area contributed by atoms with Crippen LogP contribution in [-0.4, -0.2) is 6.54 Å². The Bertz CT molecular complexity index is 2820. The second-order valence-electron chi connectivity index (χ2n) is 18.5. The van der Waals surface area contributed by atoms with Gasteiger partial charge in [-0.25, -0.2) is 0 Å². The third-order valence-electron chi connectivity index (χ3n) is 14.2. The number of aryl methyl sites for hydroxylation is 1. The summed E-state index contributed by atoms with van der Waals surface area (Å²) in [6.07, 6.45) is 6.95. The number of hydrogen-bond acceptors (Lipinski definition) is 2. The summed E-state index contributed by atoms with van der Waals surface area (Å²) in [5.74, 6) is 0. The van der Waals surface area contributed by atoms with Gasteiger partial charge in [-0.1, -0.05) is 157 Å². The van der Waals surface area contributed by atoms with E-state index in [2.05, 4.69) is 209 Å². The monoisotopic (exact) mass is 750 g/mol. The second kappa shape index (κ2) is 12.4. The van der Waals surface area contributed by atoms with E-state index in [4.69, 9.17) is 0 Å². The largest absolute Gasteiger partial charge is 0.341 e. The van der Waals surface area contributed by atoms with Gasteiger partial charge in [-0.3, -0.25) is 0 Å². The van der Waals surface area contributed by atoms with E-state index in [9.17, 15) is 0 Å². The Balaban J connectivity index is 0.890. The van der Waals surface area contributed by atoms with Crippen molar-refractivity contribution in [2.45, 2.75) is 70.6 Å². The standard InChI is InChI=1S/C56H50N2/c1-54(2)45-16-8-11-19-52(45)58(53-20-12-9-17-46(53)54)40-26-30-44-42-28-24-37(33-48(42)56(5,6)50(44)35-40)22-21-36-23-27-41-43-29-25-39(34-49(43)55(3,4)47(41)32-36)57-31-13-15-38-14-7-10-18-51(38)57/h7-12,14,16-30,32-35H,13,15,31H2,1-6H3. The zero-order valence-electron chi connectivity index (χ0n) is 34.5. The summed E-state index contributed by atoms with van der Waals surface area (Å²) in [7, 11) is 0. The van der Waals surface area contributed by atoms with E-state index in [0.29, 0.717) is 0 Å². The van der Waals surface area contributed by atoms with Crippen molar-refractivity contribution in [3.8, 4) is 22.3 Å². The molecule has 0 atom stereocenters.